The first-order valence-electron chi connectivity index (χ1n) is 13.3. The van der Waals surface area contributed by atoms with E-state index < -0.39 is 5.97 Å². The van der Waals surface area contributed by atoms with Gasteiger partial charge in [-0.25, -0.2) is 0 Å². The maximum Gasteiger partial charge on any atom is 0.306 e. The smallest absolute Gasteiger partial charge is 0.306 e. The van der Waals surface area contributed by atoms with E-state index in [1.165, 1.54) is 0 Å². The number of benzene rings is 2. The molecule has 192 valence electrons. The lowest BCUT2D eigenvalue weighted by Gasteiger charge is -2.43. The summed E-state index contributed by atoms with van der Waals surface area (Å²) in [6, 6.07) is 12.9. The molecule has 2 aromatic carbocycles. The molecule has 1 heterocycles. The molecular formula is C30H42O5. The number of hydrogen-bond acceptors (Lipinski definition) is 4. The van der Waals surface area contributed by atoms with Gasteiger partial charge in [0.1, 0.15) is 17.2 Å². The van der Waals surface area contributed by atoms with Crippen LogP contribution >= 0.6 is 0 Å². The van der Waals surface area contributed by atoms with Gasteiger partial charge in [-0.15, -0.1) is 0 Å². The summed E-state index contributed by atoms with van der Waals surface area (Å²) in [6.07, 6.45) is 11.3. The monoisotopic (exact) mass is 482 g/mol. The molecule has 0 amide bonds. The summed E-state index contributed by atoms with van der Waals surface area (Å²) in [5.41, 5.74) is 2.06. The molecule has 3 rings (SSSR count). The van der Waals surface area contributed by atoms with Crippen molar-refractivity contribution in [3.8, 4) is 17.2 Å². The number of phenols is 2. The van der Waals surface area contributed by atoms with Crippen LogP contribution in [0.2, 0.25) is 0 Å². The van der Waals surface area contributed by atoms with E-state index in [4.69, 9.17) is 4.74 Å². The quantitative estimate of drug-likeness (QED) is 0.242. The number of carboxylic acid groups (broad SMARTS) is 1. The fraction of sp³-hybridized carbons (Fsp3) is 0.567. The normalized spacial score (nSPS) is 20.1. The molecule has 0 aliphatic carbocycles. The van der Waals surface area contributed by atoms with Gasteiger partial charge in [-0.1, -0.05) is 83.4 Å². The Morgan fingerprint density at radius 3 is 2.26 bits per heavy atom. The van der Waals surface area contributed by atoms with Crippen LogP contribution in [0.15, 0.2) is 42.5 Å². The van der Waals surface area contributed by atoms with Gasteiger partial charge in [0.2, 0.25) is 0 Å². The Hall–Kier alpha value is -2.69. The zero-order valence-corrected chi connectivity index (χ0v) is 21.3. The highest BCUT2D eigenvalue weighted by Gasteiger charge is 2.42. The molecule has 1 aliphatic heterocycles. The number of rotatable bonds is 14. The maximum atomic E-state index is 11.4. The third-order valence-electron chi connectivity index (χ3n) is 7.75. The van der Waals surface area contributed by atoms with Crippen molar-refractivity contribution in [1.29, 1.82) is 0 Å². The highest BCUT2D eigenvalue weighted by molar-refractivity contribution is 5.69. The number of carbonyl (C=O) groups is 1. The van der Waals surface area contributed by atoms with E-state index in [0.29, 0.717) is 6.61 Å². The minimum absolute atomic E-state index is 0.180. The van der Waals surface area contributed by atoms with Crippen LogP contribution in [-0.4, -0.2) is 27.9 Å². The molecule has 1 aliphatic rings. The van der Waals surface area contributed by atoms with Gasteiger partial charge >= 0.3 is 5.97 Å². The summed E-state index contributed by atoms with van der Waals surface area (Å²) in [7, 11) is 0. The molecule has 35 heavy (non-hydrogen) atoms. The largest absolute Gasteiger partial charge is 0.508 e. The first-order valence-corrected chi connectivity index (χ1v) is 13.3. The Morgan fingerprint density at radius 1 is 0.943 bits per heavy atom. The van der Waals surface area contributed by atoms with Gasteiger partial charge in [0.15, 0.2) is 0 Å². The third-order valence-corrected chi connectivity index (χ3v) is 7.75. The minimum Gasteiger partial charge on any atom is -0.508 e. The maximum absolute atomic E-state index is 11.4. The van der Waals surface area contributed by atoms with Crippen LogP contribution in [0.1, 0.15) is 102 Å². The lowest BCUT2D eigenvalue weighted by atomic mass is 9.66. The van der Waals surface area contributed by atoms with E-state index in [9.17, 15) is 20.1 Å². The molecule has 1 unspecified atom stereocenters. The summed E-state index contributed by atoms with van der Waals surface area (Å²) >= 11 is 0. The van der Waals surface area contributed by atoms with Gasteiger partial charge in [0.25, 0.3) is 0 Å². The molecule has 3 atom stereocenters. The molecule has 2 aromatic rings. The van der Waals surface area contributed by atoms with E-state index >= 15 is 0 Å². The number of aromatic hydroxyl groups is 2. The average Bonchev–Trinajstić information content (AvgIpc) is 2.84. The van der Waals surface area contributed by atoms with Crippen LogP contribution in [0.5, 0.6) is 17.2 Å². The number of unbranched alkanes of at least 4 members (excludes halogenated alkanes) is 6. The van der Waals surface area contributed by atoms with Crippen LogP contribution in [0.25, 0.3) is 0 Å². The molecule has 0 saturated carbocycles. The van der Waals surface area contributed by atoms with Crippen molar-refractivity contribution in [2.75, 3.05) is 6.61 Å². The van der Waals surface area contributed by atoms with Gasteiger partial charge in [0, 0.05) is 17.4 Å². The SMILES string of the molecule is CCCCC(CCCCCCCC[C@@H]1c2ccc(O)cc2OC[C@]1(C)c1ccc(O)cc1)C(=O)O. The topological polar surface area (TPSA) is 87.0 Å². The van der Waals surface area contributed by atoms with E-state index in [1.54, 1.807) is 24.3 Å². The first-order chi connectivity index (χ1) is 16.8. The summed E-state index contributed by atoms with van der Waals surface area (Å²) in [5.74, 6) is 0.681. The second kappa shape index (κ2) is 12.9. The summed E-state index contributed by atoms with van der Waals surface area (Å²) in [6.45, 7) is 4.87. The molecule has 0 aromatic heterocycles. The average molecular weight is 483 g/mol. The number of hydrogen-bond donors (Lipinski definition) is 3. The van der Waals surface area contributed by atoms with Crippen LogP contribution in [0.3, 0.4) is 0 Å². The van der Waals surface area contributed by atoms with Crippen molar-refractivity contribution in [1.82, 2.24) is 0 Å². The molecule has 0 fully saturated rings. The molecular weight excluding hydrogens is 440 g/mol. The molecule has 0 radical (unpaired) electrons. The first kappa shape index (κ1) is 26.9. The van der Waals surface area contributed by atoms with Crippen molar-refractivity contribution in [2.45, 2.75) is 95.8 Å². The number of ether oxygens (including phenoxy) is 1. The van der Waals surface area contributed by atoms with Gasteiger partial charge in [0.05, 0.1) is 12.5 Å². The Kier molecular flexibility index (Phi) is 9.88. The third kappa shape index (κ3) is 7.16. The number of fused-ring (bicyclic) bond motifs is 1. The van der Waals surface area contributed by atoms with Gasteiger partial charge in [-0.2, -0.15) is 0 Å². The fourth-order valence-corrected chi connectivity index (χ4v) is 5.50. The van der Waals surface area contributed by atoms with E-state index in [0.717, 1.165) is 87.5 Å². The molecule has 5 nitrogen and oxygen atoms in total. The zero-order valence-electron chi connectivity index (χ0n) is 21.3. The Balaban J connectivity index is 1.53. The van der Waals surface area contributed by atoms with Gasteiger partial charge < -0.3 is 20.1 Å². The summed E-state index contributed by atoms with van der Waals surface area (Å²) < 4.78 is 6.10. The number of aliphatic carboxylic acids is 1. The van der Waals surface area contributed by atoms with E-state index in [-0.39, 0.29) is 28.7 Å². The molecule has 5 heteroatoms. The van der Waals surface area contributed by atoms with Gasteiger partial charge in [-0.3, -0.25) is 4.79 Å². The molecule has 0 saturated heterocycles. The molecule has 3 N–H and O–H groups in total. The van der Waals surface area contributed by atoms with Crippen LogP contribution in [0, 0.1) is 5.92 Å². The predicted octanol–water partition coefficient (Wildman–Crippen LogP) is 7.54. The number of carboxylic acids is 1. The Labute approximate surface area is 210 Å². The Bertz CT molecular complexity index is 938. The molecule has 0 spiro atoms. The van der Waals surface area contributed by atoms with Crippen molar-refractivity contribution in [2.24, 2.45) is 5.92 Å². The number of phenolic OH excluding ortho intramolecular Hbond substituents is 2. The highest BCUT2D eigenvalue weighted by atomic mass is 16.5. The second-order valence-electron chi connectivity index (χ2n) is 10.4. The zero-order chi connectivity index (χ0) is 25.3. The fourth-order valence-electron chi connectivity index (χ4n) is 5.50. The van der Waals surface area contributed by atoms with Crippen molar-refractivity contribution >= 4 is 5.97 Å². The van der Waals surface area contributed by atoms with Crippen LogP contribution in [0.4, 0.5) is 0 Å². The second-order valence-corrected chi connectivity index (χ2v) is 10.4. The van der Waals surface area contributed by atoms with Gasteiger partial charge in [-0.05, 0) is 48.6 Å². The summed E-state index contributed by atoms with van der Waals surface area (Å²) in [4.78, 5) is 11.4. The van der Waals surface area contributed by atoms with Crippen LogP contribution in [-0.2, 0) is 10.2 Å². The highest BCUT2D eigenvalue weighted by Crippen LogP contribution is 2.49. The lowest BCUT2D eigenvalue weighted by molar-refractivity contribution is -0.142. The Morgan fingerprint density at radius 2 is 1.57 bits per heavy atom. The lowest BCUT2D eigenvalue weighted by Crippen LogP contribution is -2.40. The standard InChI is InChI=1S/C30H42O5/c1-3-4-11-22(29(33)34)12-9-7-5-6-8-10-13-27-26-19-18-25(32)20-28(26)35-21-30(27,2)23-14-16-24(31)17-15-23/h14-20,22,27,31-32H,3-13,21H2,1-2H3,(H,33,34)/t22?,27-,30-/m1/s1. The minimum atomic E-state index is -0.639. The molecule has 0 bridgehead atoms. The van der Waals surface area contributed by atoms with Crippen molar-refractivity contribution in [3.05, 3.63) is 53.6 Å². The van der Waals surface area contributed by atoms with E-state index in [1.807, 2.05) is 18.2 Å². The predicted molar refractivity (Wildman–Crippen MR) is 139 cm³/mol. The summed E-state index contributed by atoms with van der Waals surface area (Å²) in [5, 5.41) is 29.1. The van der Waals surface area contributed by atoms with Crippen molar-refractivity contribution < 1.29 is 24.9 Å². The van der Waals surface area contributed by atoms with E-state index in [2.05, 4.69) is 13.8 Å². The van der Waals surface area contributed by atoms with Crippen LogP contribution < -0.4 is 4.74 Å². The van der Waals surface area contributed by atoms with Crippen molar-refractivity contribution in [3.63, 3.8) is 0 Å².